The molecule has 0 aliphatic carbocycles. The van der Waals surface area contributed by atoms with Gasteiger partial charge in [-0.05, 0) is 25.8 Å². The molecule has 0 radical (unpaired) electrons. The number of rotatable bonds is 3. The highest BCUT2D eigenvalue weighted by molar-refractivity contribution is 7.09. The van der Waals surface area contributed by atoms with Crippen molar-refractivity contribution in [3.8, 4) is 0 Å². The van der Waals surface area contributed by atoms with E-state index in [0.29, 0.717) is 6.04 Å². The lowest BCUT2D eigenvalue weighted by Gasteiger charge is -2.32. The van der Waals surface area contributed by atoms with Gasteiger partial charge in [-0.1, -0.05) is 0 Å². The van der Waals surface area contributed by atoms with E-state index in [-0.39, 0.29) is 0 Å². The number of nitrogens with one attached hydrogen (secondary N) is 1. The first-order valence-corrected chi connectivity index (χ1v) is 7.16. The van der Waals surface area contributed by atoms with Gasteiger partial charge in [0.2, 0.25) is 5.13 Å². The zero-order chi connectivity index (χ0) is 13.1. The van der Waals surface area contributed by atoms with Crippen molar-refractivity contribution in [1.29, 1.82) is 0 Å². The Morgan fingerprint density at radius 2 is 2.21 bits per heavy atom. The standard InChI is InChI=1S/C12H16N6S/c1-9-15-12(19-17-9)18-6-3-10(4-7-18)16-11-2-5-13-8-14-11/h2,5,8,10H,3-4,6-7H2,1H3,(H,13,14,16). The molecule has 3 rings (SSSR count). The molecule has 0 bridgehead atoms. The van der Waals surface area contributed by atoms with Crippen LogP contribution in [0.15, 0.2) is 18.6 Å². The summed E-state index contributed by atoms with van der Waals surface area (Å²) in [5.41, 5.74) is 0. The van der Waals surface area contributed by atoms with Crippen LogP contribution in [0.1, 0.15) is 18.7 Å². The van der Waals surface area contributed by atoms with Crippen LogP contribution in [0.3, 0.4) is 0 Å². The van der Waals surface area contributed by atoms with Crippen LogP contribution in [-0.2, 0) is 0 Å². The van der Waals surface area contributed by atoms with E-state index in [4.69, 9.17) is 0 Å². The third-order valence-electron chi connectivity index (χ3n) is 3.22. The van der Waals surface area contributed by atoms with Crippen molar-refractivity contribution >= 4 is 22.5 Å². The number of hydrogen-bond donors (Lipinski definition) is 1. The first-order chi connectivity index (χ1) is 9.31. The molecule has 1 N–H and O–H groups in total. The molecule has 0 saturated carbocycles. The minimum atomic E-state index is 0.472. The molecule has 6 nitrogen and oxygen atoms in total. The summed E-state index contributed by atoms with van der Waals surface area (Å²) in [5.74, 6) is 1.77. The summed E-state index contributed by atoms with van der Waals surface area (Å²) in [6, 6.07) is 2.38. The molecule has 7 heteroatoms. The zero-order valence-electron chi connectivity index (χ0n) is 10.8. The molecule has 3 heterocycles. The van der Waals surface area contributed by atoms with Gasteiger partial charge in [-0.2, -0.15) is 4.37 Å². The van der Waals surface area contributed by atoms with Crippen molar-refractivity contribution in [3.63, 3.8) is 0 Å². The van der Waals surface area contributed by atoms with Crippen molar-refractivity contribution in [1.82, 2.24) is 19.3 Å². The predicted octanol–water partition coefficient (Wildman–Crippen LogP) is 1.72. The van der Waals surface area contributed by atoms with Crippen LogP contribution >= 0.6 is 11.5 Å². The fourth-order valence-corrected chi connectivity index (χ4v) is 2.94. The Labute approximate surface area is 116 Å². The minimum absolute atomic E-state index is 0.472. The summed E-state index contributed by atoms with van der Waals surface area (Å²) in [6.45, 7) is 3.96. The number of aromatic nitrogens is 4. The molecule has 1 aliphatic heterocycles. The SMILES string of the molecule is Cc1nsc(N2CCC(Nc3ccncn3)CC2)n1. The van der Waals surface area contributed by atoms with Gasteiger partial charge in [-0.3, -0.25) is 0 Å². The molecule has 0 atom stereocenters. The molecule has 19 heavy (non-hydrogen) atoms. The molecule has 0 amide bonds. The number of nitrogens with zero attached hydrogens (tertiary/aromatic N) is 5. The van der Waals surface area contributed by atoms with Crippen molar-refractivity contribution < 1.29 is 0 Å². The summed E-state index contributed by atoms with van der Waals surface area (Å²) in [5, 5.41) is 4.49. The van der Waals surface area contributed by atoms with Crippen LogP contribution in [0, 0.1) is 6.92 Å². The molecule has 0 unspecified atom stereocenters. The van der Waals surface area contributed by atoms with Gasteiger partial charge in [0, 0.05) is 36.9 Å². The third-order valence-corrected chi connectivity index (χ3v) is 4.08. The monoisotopic (exact) mass is 276 g/mol. The summed E-state index contributed by atoms with van der Waals surface area (Å²) >= 11 is 1.49. The van der Waals surface area contributed by atoms with E-state index >= 15 is 0 Å². The summed E-state index contributed by atoms with van der Waals surface area (Å²) in [4.78, 5) is 14.9. The molecule has 100 valence electrons. The Hall–Kier alpha value is -1.76. The molecular formula is C12H16N6S. The van der Waals surface area contributed by atoms with Gasteiger partial charge in [-0.25, -0.2) is 15.0 Å². The van der Waals surface area contributed by atoms with Gasteiger partial charge in [0.25, 0.3) is 0 Å². The van der Waals surface area contributed by atoms with E-state index in [2.05, 4.69) is 29.5 Å². The molecule has 2 aromatic heterocycles. The topological polar surface area (TPSA) is 66.8 Å². The normalized spacial score (nSPS) is 16.6. The largest absolute Gasteiger partial charge is 0.367 e. The lowest BCUT2D eigenvalue weighted by Crippen LogP contribution is -2.39. The van der Waals surface area contributed by atoms with E-state index in [0.717, 1.165) is 42.7 Å². The molecular weight excluding hydrogens is 260 g/mol. The highest BCUT2D eigenvalue weighted by Crippen LogP contribution is 2.22. The first kappa shape index (κ1) is 12.3. The van der Waals surface area contributed by atoms with Crippen molar-refractivity contribution in [2.45, 2.75) is 25.8 Å². The maximum absolute atomic E-state index is 4.44. The van der Waals surface area contributed by atoms with E-state index in [1.165, 1.54) is 11.5 Å². The Bertz CT molecular complexity index is 520. The average Bonchev–Trinajstić information content (AvgIpc) is 2.87. The highest BCUT2D eigenvalue weighted by Gasteiger charge is 2.21. The fraction of sp³-hybridized carbons (Fsp3) is 0.500. The number of hydrogen-bond acceptors (Lipinski definition) is 7. The Kier molecular flexibility index (Phi) is 3.54. The molecule has 0 spiro atoms. The van der Waals surface area contributed by atoms with Gasteiger partial charge in [0.05, 0.1) is 0 Å². The third kappa shape index (κ3) is 2.98. The summed E-state index contributed by atoms with van der Waals surface area (Å²) < 4.78 is 4.23. The van der Waals surface area contributed by atoms with E-state index < -0.39 is 0 Å². The Balaban J connectivity index is 1.55. The lowest BCUT2D eigenvalue weighted by molar-refractivity contribution is 0.524. The van der Waals surface area contributed by atoms with E-state index in [1.54, 1.807) is 12.5 Å². The van der Waals surface area contributed by atoms with Crippen molar-refractivity contribution in [2.24, 2.45) is 0 Å². The van der Waals surface area contributed by atoms with Crippen LogP contribution in [-0.4, -0.2) is 38.5 Å². The smallest absolute Gasteiger partial charge is 0.205 e. The molecule has 1 fully saturated rings. The van der Waals surface area contributed by atoms with E-state index in [9.17, 15) is 0 Å². The Morgan fingerprint density at radius 3 is 2.84 bits per heavy atom. The number of piperidine rings is 1. The molecule has 2 aromatic rings. The zero-order valence-corrected chi connectivity index (χ0v) is 11.6. The number of aryl methyl sites for hydroxylation is 1. The highest BCUT2D eigenvalue weighted by atomic mass is 32.1. The van der Waals surface area contributed by atoms with E-state index in [1.807, 2.05) is 13.0 Å². The maximum Gasteiger partial charge on any atom is 0.205 e. The van der Waals surface area contributed by atoms with Crippen molar-refractivity contribution in [2.75, 3.05) is 23.3 Å². The lowest BCUT2D eigenvalue weighted by atomic mass is 10.1. The quantitative estimate of drug-likeness (QED) is 0.920. The van der Waals surface area contributed by atoms with Crippen LogP contribution in [0.4, 0.5) is 10.9 Å². The molecule has 1 saturated heterocycles. The van der Waals surface area contributed by atoms with Gasteiger partial charge in [-0.15, -0.1) is 0 Å². The first-order valence-electron chi connectivity index (χ1n) is 6.39. The van der Waals surface area contributed by atoms with Crippen molar-refractivity contribution in [3.05, 3.63) is 24.4 Å². The second-order valence-electron chi connectivity index (χ2n) is 4.62. The average molecular weight is 276 g/mol. The van der Waals surface area contributed by atoms with Crippen LogP contribution in [0.25, 0.3) is 0 Å². The maximum atomic E-state index is 4.44. The van der Waals surface area contributed by atoms with Gasteiger partial charge < -0.3 is 10.2 Å². The fourth-order valence-electron chi connectivity index (χ4n) is 2.21. The summed E-state index contributed by atoms with van der Waals surface area (Å²) in [6.07, 6.45) is 5.50. The summed E-state index contributed by atoms with van der Waals surface area (Å²) in [7, 11) is 0. The van der Waals surface area contributed by atoms with Gasteiger partial charge in [0.1, 0.15) is 18.0 Å². The predicted molar refractivity (Wildman–Crippen MR) is 75.5 cm³/mol. The number of anilines is 2. The molecule has 0 aromatic carbocycles. The van der Waals surface area contributed by atoms with Crippen LogP contribution < -0.4 is 10.2 Å². The minimum Gasteiger partial charge on any atom is -0.367 e. The second-order valence-corrected chi connectivity index (χ2v) is 5.35. The Morgan fingerprint density at radius 1 is 1.37 bits per heavy atom. The van der Waals surface area contributed by atoms with Gasteiger partial charge >= 0.3 is 0 Å². The second kappa shape index (κ2) is 5.48. The van der Waals surface area contributed by atoms with Crippen LogP contribution in [0.5, 0.6) is 0 Å². The van der Waals surface area contributed by atoms with Crippen LogP contribution in [0.2, 0.25) is 0 Å². The van der Waals surface area contributed by atoms with Gasteiger partial charge in [0.15, 0.2) is 0 Å². The molecule has 1 aliphatic rings.